The fourth-order valence-corrected chi connectivity index (χ4v) is 2.22. The van der Waals surface area contributed by atoms with Gasteiger partial charge in [-0.05, 0) is 18.2 Å². The standard InChI is InChI=1S/C14H15N3O/c1-16-10-15-8-11(16)9-17-7-6-12-13(17)4-3-5-14(12)18-2/h3-8,10H,9H2,1-2H3. The fraction of sp³-hybridized carbons (Fsp3) is 0.214. The van der Waals surface area contributed by atoms with E-state index in [0.717, 1.165) is 17.7 Å². The molecule has 92 valence electrons. The Bertz CT molecular complexity index is 681. The van der Waals surface area contributed by atoms with Gasteiger partial charge < -0.3 is 13.9 Å². The lowest BCUT2D eigenvalue weighted by Crippen LogP contribution is -2.02. The van der Waals surface area contributed by atoms with Gasteiger partial charge in [-0.1, -0.05) is 6.07 Å². The van der Waals surface area contributed by atoms with Gasteiger partial charge in [-0.2, -0.15) is 0 Å². The molecule has 18 heavy (non-hydrogen) atoms. The average molecular weight is 241 g/mol. The first kappa shape index (κ1) is 10.9. The molecule has 3 aromatic rings. The van der Waals surface area contributed by atoms with Crippen molar-refractivity contribution in [2.75, 3.05) is 7.11 Å². The maximum Gasteiger partial charge on any atom is 0.128 e. The van der Waals surface area contributed by atoms with Gasteiger partial charge in [0, 0.05) is 24.8 Å². The molecule has 0 unspecified atom stereocenters. The van der Waals surface area contributed by atoms with Crippen LogP contribution in [0.4, 0.5) is 0 Å². The molecule has 0 bridgehead atoms. The van der Waals surface area contributed by atoms with Gasteiger partial charge in [0.2, 0.25) is 0 Å². The van der Waals surface area contributed by atoms with Crippen LogP contribution in [-0.2, 0) is 13.6 Å². The summed E-state index contributed by atoms with van der Waals surface area (Å²) in [6.07, 6.45) is 5.80. The molecular weight excluding hydrogens is 226 g/mol. The summed E-state index contributed by atoms with van der Waals surface area (Å²) in [4.78, 5) is 4.14. The summed E-state index contributed by atoms with van der Waals surface area (Å²) < 4.78 is 9.61. The molecule has 0 saturated carbocycles. The zero-order chi connectivity index (χ0) is 12.5. The zero-order valence-corrected chi connectivity index (χ0v) is 10.5. The summed E-state index contributed by atoms with van der Waals surface area (Å²) in [7, 11) is 3.71. The average Bonchev–Trinajstić information content (AvgIpc) is 2.97. The highest BCUT2D eigenvalue weighted by atomic mass is 16.5. The van der Waals surface area contributed by atoms with E-state index in [4.69, 9.17) is 4.74 Å². The summed E-state index contributed by atoms with van der Waals surface area (Å²) in [6.45, 7) is 0.813. The van der Waals surface area contributed by atoms with Crippen molar-refractivity contribution in [1.82, 2.24) is 14.1 Å². The number of benzene rings is 1. The third-order valence-electron chi connectivity index (χ3n) is 3.24. The van der Waals surface area contributed by atoms with E-state index in [9.17, 15) is 0 Å². The van der Waals surface area contributed by atoms with E-state index in [-0.39, 0.29) is 0 Å². The number of aryl methyl sites for hydroxylation is 1. The van der Waals surface area contributed by atoms with Gasteiger partial charge in [0.15, 0.2) is 0 Å². The monoisotopic (exact) mass is 241 g/mol. The predicted molar refractivity (Wildman–Crippen MR) is 70.8 cm³/mol. The first-order valence-corrected chi connectivity index (χ1v) is 5.86. The minimum absolute atomic E-state index is 0.813. The smallest absolute Gasteiger partial charge is 0.128 e. The Hall–Kier alpha value is -2.23. The number of aromatic nitrogens is 3. The minimum atomic E-state index is 0.813. The van der Waals surface area contributed by atoms with Crippen molar-refractivity contribution in [2.24, 2.45) is 7.05 Å². The van der Waals surface area contributed by atoms with Gasteiger partial charge in [0.25, 0.3) is 0 Å². The molecule has 0 spiro atoms. The zero-order valence-electron chi connectivity index (χ0n) is 10.5. The van der Waals surface area contributed by atoms with Crippen LogP contribution in [-0.4, -0.2) is 21.2 Å². The Labute approximate surface area is 105 Å². The number of rotatable bonds is 3. The van der Waals surface area contributed by atoms with E-state index in [0.29, 0.717) is 0 Å². The number of fused-ring (bicyclic) bond motifs is 1. The molecule has 0 radical (unpaired) electrons. The molecule has 1 aromatic carbocycles. The van der Waals surface area contributed by atoms with Gasteiger partial charge in [-0.15, -0.1) is 0 Å². The topological polar surface area (TPSA) is 32.0 Å². The molecule has 2 heterocycles. The molecule has 0 saturated heterocycles. The summed E-state index contributed by atoms with van der Waals surface area (Å²) in [5.41, 5.74) is 2.35. The van der Waals surface area contributed by atoms with Crippen LogP contribution in [0.15, 0.2) is 43.0 Å². The summed E-state index contributed by atoms with van der Waals surface area (Å²) in [5.74, 6) is 0.913. The molecule has 0 aliphatic rings. The molecule has 3 rings (SSSR count). The van der Waals surface area contributed by atoms with E-state index in [1.165, 1.54) is 11.2 Å². The van der Waals surface area contributed by atoms with Crippen molar-refractivity contribution < 1.29 is 4.74 Å². The highest BCUT2D eigenvalue weighted by Gasteiger charge is 2.07. The Morgan fingerprint density at radius 3 is 2.89 bits per heavy atom. The van der Waals surface area contributed by atoms with Gasteiger partial charge in [-0.25, -0.2) is 4.98 Å². The summed E-state index contributed by atoms with van der Waals surface area (Å²) in [6, 6.07) is 8.19. The number of nitrogens with zero attached hydrogens (tertiary/aromatic N) is 3. The normalized spacial score (nSPS) is 11.0. The minimum Gasteiger partial charge on any atom is -0.496 e. The Balaban J connectivity index is 2.06. The Kier molecular flexibility index (Phi) is 2.55. The Morgan fingerprint density at radius 2 is 2.17 bits per heavy atom. The maximum absolute atomic E-state index is 5.37. The predicted octanol–water partition coefficient (Wildman–Crippen LogP) is 2.43. The molecule has 2 aromatic heterocycles. The number of hydrogen-bond donors (Lipinski definition) is 0. The van der Waals surface area contributed by atoms with Gasteiger partial charge in [0.05, 0.1) is 31.2 Å². The second-order valence-corrected chi connectivity index (χ2v) is 4.33. The lowest BCUT2D eigenvalue weighted by molar-refractivity contribution is 0.420. The van der Waals surface area contributed by atoms with Crippen molar-refractivity contribution in [2.45, 2.75) is 6.54 Å². The van der Waals surface area contributed by atoms with Crippen LogP contribution in [0.2, 0.25) is 0 Å². The largest absolute Gasteiger partial charge is 0.496 e. The molecule has 0 amide bonds. The summed E-state index contributed by atoms with van der Waals surface area (Å²) >= 11 is 0. The van der Waals surface area contributed by atoms with E-state index < -0.39 is 0 Å². The molecule has 4 heteroatoms. The quantitative estimate of drug-likeness (QED) is 0.705. The van der Waals surface area contributed by atoms with Crippen molar-refractivity contribution in [3.05, 3.63) is 48.7 Å². The van der Waals surface area contributed by atoms with Crippen LogP contribution in [0.1, 0.15) is 5.69 Å². The first-order valence-electron chi connectivity index (χ1n) is 5.86. The molecule has 0 fully saturated rings. The second-order valence-electron chi connectivity index (χ2n) is 4.33. The Morgan fingerprint density at radius 1 is 1.28 bits per heavy atom. The van der Waals surface area contributed by atoms with Crippen LogP contribution in [0.5, 0.6) is 5.75 Å². The molecule has 0 aliphatic carbocycles. The maximum atomic E-state index is 5.37. The van der Waals surface area contributed by atoms with Crippen LogP contribution < -0.4 is 4.74 Å². The highest BCUT2D eigenvalue weighted by molar-refractivity contribution is 5.86. The number of methoxy groups -OCH3 is 1. The van der Waals surface area contributed by atoms with Crippen LogP contribution in [0.3, 0.4) is 0 Å². The lowest BCUT2D eigenvalue weighted by Gasteiger charge is -2.07. The SMILES string of the molecule is COc1cccc2c1ccn2Cc1cncn1C. The molecule has 0 N–H and O–H groups in total. The molecular formula is C14H15N3O. The van der Waals surface area contributed by atoms with E-state index in [1.54, 1.807) is 7.11 Å². The van der Waals surface area contributed by atoms with E-state index >= 15 is 0 Å². The second kappa shape index (κ2) is 4.22. The van der Waals surface area contributed by atoms with E-state index in [2.05, 4.69) is 27.9 Å². The van der Waals surface area contributed by atoms with Gasteiger partial charge in [-0.3, -0.25) is 0 Å². The van der Waals surface area contributed by atoms with Crippen LogP contribution >= 0.6 is 0 Å². The highest BCUT2D eigenvalue weighted by Crippen LogP contribution is 2.26. The number of hydrogen-bond acceptors (Lipinski definition) is 2. The van der Waals surface area contributed by atoms with Gasteiger partial charge >= 0.3 is 0 Å². The van der Waals surface area contributed by atoms with Crippen LogP contribution in [0.25, 0.3) is 10.9 Å². The third kappa shape index (κ3) is 1.66. The van der Waals surface area contributed by atoms with Crippen molar-refractivity contribution in [3.8, 4) is 5.75 Å². The van der Waals surface area contributed by atoms with Crippen molar-refractivity contribution in [1.29, 1.82) is 0 Å². The first-order chi connectivity index (χ1) is 8.79. The van der Waals surface area contributed by atoms with Crippen molar-refractivity contribution >= 4 is 10.9 Å². The molecule has 0 atom stereocenters. The van der Waals surface area contributed by atoms with Crippen molar-refractivity contribution in [3.63, 3.8) is 0 Å². The van der Waals surface area contributed by atoms with Gasteiger partial charge in [0.1, 0.15) is 5.75 Å². The van der Waals surface area contributed by atoms with E-state index in [1.807, 2.05) is 36.3 Å². The number of ether oxygens (including phenoxy) is 1. The lowest BCUT2D eigenvalue weighted by atomic mass is 10.2. The third-order valence-corrected chi connectivity index (χ3v) is 3.24. The molecule has 0 aliphatic heterocycles. The summed E-state index contributed by atoms with van der Waals surface area (Å²) in [5, 5.41) is 1.14. The fourth-order valence-electron chi connectivity index (χ4n) is 2.22. The number of imidazole rings is 1. The van der Waals surface area contributed by atoms with Crippen LogP contribution in [0, 0.1) is 0 Å². The molecule has 4 nitrogen and oxygen atoms in total.